The molecule has 1 amide bonds. The highest BCUT2D eigenvalue weighted by Crippen LogP contribution is 2.43. The Bertz CT molecular complexity index is 780. The number of benzene rings is 1. The zero-order valence-corrected chi connectivity index (χ0v) is 14.9. The van der Waals surface area contributed by atoms with E-state index in [0.717, 1.165) is 36.4 Å². The van der Waals surface area contributed by atoms with Crippen LogP contribution >= 0.6 is 0 Å². The molecule has 26 heavy (non-hydrogen) atoms. The first-order valence-electron chi connectivity index (χ1n) is 9.39. The molecule has 6 nitrogen and oxygen atoms in total. The van der Waals surface area contributed by atoms with Crippen LogP contribution in [-0.4, -0.2) is 68.3 Å². The zero-order valence-electron chi connectivity index (χ0n) is 14.9. The molecule has 2 atom stereocenters. The summed E-state index contributed by atoms with van der Waals surface area (Å²) < 4.78 is 17.1. The van der Waals surface area contributed by atoms with Crippen LogP contribution < -0.4 is 0 Å². The Kier molecular flexibility index (Phi) is 3.99. The number of rotatable bonds is 3. The molecule has 4 heterocycles. The van der Waals surface area contributed by atoms with Crippen molar-refractivity contribution in [3.05, 3.63) is 36.1 Å². The van der Waals surface area contributed by atoms with Crippen molar-refractivity contribution < 1.29 is 18.7 Å². The summed E-state index contributed by atoms with van der Waals surface area (Å²) in [6.45, 7) is 6.22. The van der Waals surface area contributed by atoms with Crippen LogP contribution in [0.4, 0.5) is 0 Å². The molecule has 5 rings (SSSR count). The maximum atomic E-state index is 13.3. The van der Waals surface area contributed by atoms with E-state index in [2.05, 4.69) is 17.0 Å². The summed E-state index contributed by atoms with van der Waals surface area (Å²) in [6, 6.07) is 10.2. The number of likely N-dealkylation sites (tertiary alicyclic amines) is 1. The molecule has 3 fully saturated rings. The molecule has 0 spiro atoms. The van der Waals surface area contributed by atoms with E-state index in [1.165, 1.54) is 0 Å². The first kappa shape index (κ1) is 16.3. The molecule has 0 saturated carbocycles. The van der Waals surface area contributed by atoms with Gasteiger partial charge in [-0.25, -0.2) is 0 Å². The van der Waals surface area contributed by atoms with Gasteiger partial charge < -0.3 is 18.8 Å². The van der Waals surface area contributed by atoms with E-state index < -0.39 is 5.41 Å². The molecule has 1 aromatic carbocycles. The van der Waals surface area contributed by atoms with Crippen molar-refractivity contribution in [2.75, 3.05) is 52.6 Å². The van der Waals surface area contributed by atoms with Gasteiger partial charge in [-0.3, -0.25) is 9.69 Å². The number of para-hydroxylation sites is 1. The number of carbonyl (C=O) groups excluding carboxylic acids is 1. The fourth-order valence-corrected chi connectivity index (χ4v) is 4.68. The molecule has 0 unspecified atom stereocenters. The lowest BCUT2D eigenvalue weighted by Crippen LogP contribution is -2.52. The summed E-state index contributed by atoms with van der Waals surface area (Å²) in [5, 5.41) is 1.13. The molecule has 1 aromatic heterocycles. The van der Waals surface area contributed by atoms with Crippen molar-refractivity contribution in [1.82, 2.24) is 9.80 Å². The van der Waals surface area contributed by atoms with Crippen molar-refractivity contribution >= 4 is 16.9 Å². The Labute approximate surface area is 152 Å². The number of hydrogen-bond donors (Lipinski definition) is 0. The Morgan fingerprint density at radius 2 is 2.04 bits per heavy atom. The number of furan rings is 1. The van der Waals surface area contributed by atoms with Gasteiger partial charge in [-0.05, 0) is 12.1 Å². The Morgan fingerprint density at radius 3 is 2.88 bits per heavy atom. The molecule has 138 valence electrons. The highest BCUT2D eigenvalue weighted by molar-refractivity contribution is 5.84. The number of morpholine rings is 1. The largest absolute Gasteiger partial charge is 0.460 e. The third-order valence-corrected chi connectivity index (χ3v) is 6.02. The van der Waals surface area contributed by atoms with Gasteiger partial charge in [0.15, 0.2) is 0 Å². The van der Waals surface area contributed by atoms with Crippen LogP contribution in [0.3, 0.4) is 0 Å². The Balaban J connectivity index is 1.34. The quantitative estimate of drug-likeness (QED) is 0.839. The van der Waals surface area contributed by atoms with Gasteiger partial charge in [0.1, 0.15) is 11.3 Å². The third kappa shape index (κ3) is 2.64. The van der Waals surface area contributed by atoms with Crippen molar-refractivity contribution in [1.29, 1.82) is 0 Å². The molecule has 0 N–H and O–H groups in total. The summed E-state index contributed by atoms with van der Waals surface area (Å²) in [5.41, 5.74) is 0.521. The van der Waals surface area contributed by atoms with Gasteiger partial charge in [0.2, 0.25) is 5.91 Å². The molecule has 3 saturated heterocycles. The summed E-state index contributed by atoms with van der Waals surface area (Å²) in [7, 11) is 0. The number of ether oxygens (including phenoxy) is 2. The molecule has 3 aliphatic heterocycles. The lowest BCUT2D eigenvalue weighted by molar-refractivity contribution is -0.147. The Hall–Kier alpha value is -1.89. The number of nitrogens with zero attached hydrogens (tertiary/aromatic N) is 2. The van der Waals surface area contributed by atoms with Crippen molar-refractivity contribution in [2.24, 2.45) is 11.3 Å². The fourth-order valence-electron chi connectivity index (χ4n) is 4.68. The van der Waals surface area contributed by atoms with E-state index in [1.54, 1.807) is 0 Å². The van der Waals surface area contributed by atoms with Crippen molar-refractivity contribution in [3.8, 4) is 0 Å². The van der Waals surface area contributed by atoms with Crippen LogP contribution in [-0.2, 0) is 20.8 Å². The van der Waals surface area contributed by atoms with Gasteiger partial charge >= 0.3 is 0 Å². The number of carbonyl (C=O) groups is 1. The van der Waals surface area contributed by atoms with Gasteiger partial charge in [-0.15, -0.1) is 0 Å². The standard InChI is InChI=1S/C20H24N2O4/c23-19(22-5-7-24-8-6-22)20-13-21(10-16(20)12-25-14-20)11-17-9-15-3-1-2-4-18(15)26-17/h1-4,9,16H,5-8,10-14H2/t16-,20-/m1/s1. The number of amides is 1. The topological polar surface area (TPSA) is 55.2 Å². The normalized spacial score (nSPS) is 29.4. The minimum Gasteiger partial charge on any atom is -0.460 e. The van der Waals surface area contributed by atoms with Crippen LogP contribution in [0.15, 0.2) is 34.7 Å². The van der Waals surface area contributed by atoms with E-state index in [4.69, 9.17) is 13.9 Å². The van der Waals surface area contributed by atoms with Crippen LogP contribution in [0.2, 0.25) is 0 Å². The van der Waals surface area contributed by atoms with Gasteiger partial charge in [-0.2, -0.15) is 0 Å². The molecule has 0 radical (unpaired) electrons. The molecule has 3 aliphatic rings. The lowest BCUT2D eigenvalue weighted by Gasteiger charge is -2.35. The van der Waals surface area contributed by atoms with Crippen LogP contribution in [0.5, 0.6) is 0 Å². The fraction of sp³-hybridized carbons (Fsp3) is 0.550. The van der Waals surface area contributed by atoms with Gasteiger partial charge in [0.25, 0.3) is 0 Å². The highest BCUT2D eigenvalue weighted by atomic mass is 16.5. The second-order valence-electron chi connectivity index (χ2n) is 7.69. The van der Waals surface area contributed by atoms with Gasteiger partial charge in [0, 0.05) is 37.5 Å². The Morgan fingerprint density at radius 1 is 1.19 bits per heavy atom. The highest BCUT2D eigenvalue weighted by Gasteiger charge is 2.57. The maximum absolute atomic E-state index is 13.3. The SMILES string of the molecule is O=C(N1CCOCC1)[C@]12COC[C@H]1CN(Cc1cc3ccccc3o1)C2. The van der Waals surface area contributed by atoms with E-state index in [0.29, 0.717) is 39.5 Å². The average molecular weight is 356 g/mol. The third-order valence-electron chi connectivity index (χ3n) is 6.02. The van der Waals surface area contributed by atoms with Gasteiger partial charge in [0.05, 0.1) is 38.4 Å². The number of hydrogen-bond acceptors (Lipinski definition) is 5. The summed E-state index contributed by atoms with van der Waals surface area (Å²) in [6.07, 6.45) is 0. The molecule has 0 aliphatic carbocycles. The zero-order chi connectivity index (χ0) is 17.6. The maximum Gasteiger partial charge on any atom is 0.233 e. The monoisotopic (exact) mass is 356 g/mol. The second-order valence-corrected chi connectivity index (χ2v) is 7.69. The molecular formula is C20H24N2O4. The van der Waals surface area contributed by atoms with E-state index >= 15 is 0 Å². The minimum atomic E-state index is -0.399. The molecule has 2 aromatic rings. The molecule has 0 bridgehead atoms. The van der Waals surface area contributed by atoms with Crippen molar-refractivity contribution in [3.63, 3.8) is 0 Å². The van der Waals surface area contributed by atoms with Gasteiger partial charge in [-0.1, -0.05) is 18.2 Å². The predicted octanol–water partition coefficient (Wildman–Crippen LogP) is 1.74. The predicted molar refractivity (Wildman–Crippen MR) is 95.6 cm³/mol. The van der Waals surface area contributed by atoms with Crippen LogP contribution in [0, 0.1) is 11.3 Å². The summed E-state index contributed by atoms with van der Waals surface area (Å²) >= 11 is 0. The smallest absolute Gasteiger partial charge is 0.233 e. The van der Waals surface area contributed by atoms with E-state index in [9.17, 15) is 4.79 Å². The van der Waals surface area contributed by atoms with E-state index in [1.807, 2.05) is 23.1 Å². The van der Waals surface area contributed by atoms with Crippen molar-refractivity contribution in [2.45, 2.75) is 6.54 Å². The summed E-state index contributed by atoms with van der Waals surface area (Å²) in [5.74, 6) is 1.47. The van der Waals surface area contributed by atoms with Crippen LogP contribution in [0.1, 0.15) is 5.76 Å². The number of fused-ring (bicyclic) bond motifs is 2. The van der Waals surface area contributed by atoms with E-state index in [-0.39, 0.29) is 11.8 Å². The first-order chi connectivity index (χ1) is 12.7. The van der Waals surface area contributed by atoms with Crippen LogP contribution in [0.25, 0.3) is 11.0 Å². The molecular weight excluding hydrogens is 332 g/mol. The summed E-state index contributed by atoms with van der Waals surface area (Å²) in [4.78, 5) is 17.6. The second kappa shape index (κ2) is 6.37. The molecule has 6 heteroatoms. The average Bonchev–Trinajstić information content (AvgIpc) is 3.33. The first-order valence-corrected chi connectivity index (χ1v) is 9.39. The lowest BCUT2D eigenvalue weighted by atomic mass is 9.79. The minimum absolute atomic E-state index is 0.246.